The van der Waals surface area contributed by atoms with Crippen LogP contribution in [-0.4, -0.2) is 31.9 Å². The molecule has 1 rings (SSSR count). The fourth-order valence-corrected chi connectivity index (χ4v) is 2.19. The van der Waals surface area contributed by atoms with Crippen LogP contribution in [0.2, 0.25) is 0 Å². The lowest BCUT2D eigenvalue weighted by atomic mass is 10.4. The van der Waals surface area contributed by atoms with E-state index < -0.39 is 21.7 Å². The fourth-order valence-electron chi connectivity index (χ4n) is 1.19. The first-order valence-corrected chi connectivity index (χ1v) is 6.94. The minimum Gasteiger partial charge on any atom is -0.481 e. The lowest BCUT2D eigenvalue weighted by Gasteiger charge is -1.99. The number of nitrogens with one attached hydrogen (secondary N) is 1. The molecule has 0 radical (unpaired) electrons. The number of benzene rings is 1. The van der Waals surface area contributed by atoms with Gasteiger partial charge in [0.2, 0.25) is 5.91 Å². The Morgan fingerprint density at radius 3 is 2.42 bits per heavy atom. The molecule has 0 saturated heterocycles. The molecule has 6 nitrogen and oxygen atoms in total. The third-order valence-electron chi connectivity index (χ3n) is 2.11. The van der Waals surface area contributed by atoms with E-state index in [1.165, 1.54) is 12.1 Å². The summed E-state index contributed by atoms with van der Waals surface area (Å²) in [5.74, 6) is -1.69. The first-order valence-electron chi connectivity index (χ1n) is 5.39. The lowest BCUT2D eigenvalue weighted by molar-refractivity contribution is -0.136. The highest BCUT2D eigenvalue weighted by Gasteiger charge is 2.09. The van der Waals surface area contributed by atoms with Crippen LogP contribution in [0.3, 0.4) is 0 Å². The van der Waals surface area contributed by atoms with Crippen molar-refractivity contribution in [2.24, 2.45) is 0 Å². The van der Waals surface area contributed by atoms with E-state index in [0.29, 0.717) is 0 Å². The Kier molecular flexibility index (Phi) is 5.25. The van der Waals surface area contributed by atoms with Crippen LogP contribution in [0, 0.1) is 0 Å². The molecule has 0 aliphatic carbocycles. The van der Waals surface area contributed by atoms with Gasteiger partial charge in [-0.2, -0.15) is 0 Å². The van der Waals surface area contributed by atoms with E-state index in [9.17, 15) is 18.0 Å². The van der Waals surface area contributed by atoms with Gasteiger partial charge in [0.15, 0.2) is 9.84 Å². The second-order valence-corrected chi connectivity index (χ2v) is 5.43. The largest absolute Gasteiger partial charge is 0.481 e. The van der Waals surface area contributed by atoms with E-state index in [0.717, 1.165) is 11.5 Å². The number of aliphatic carboxylic acids is 1. The molecule has 0 heterocycles. The van der Waals surface area contributed by atoms with Gasteiger partial charge in [-0.25, -0.2) is 8.42 Å². The topological polar surface area (TPSA) is 101 Å². The Hall–Kier alpha value is -2.15. The third-order valence-corrected chi connectivity index (χ3v) is 3.53. The highest BCUT2D eigenvalue weighted by Crippen LogP contribution is 2.10. The smallest absolute Gasteiger partial charge is 0.305 e. The van der Waals surface area contributed by atoms with Crippen LogP contribution >= 0.6 is 0 Å². The zero-order chi connectivity index (χ0) is 14.3. The number of hydrogen-bond donors (Lipinski definition) is 2. The lowest BCUT2D eigenvalue weighted by Crippen LogP contribution is -2.24. The summed E-state index contributed by atoms with van der Waals surface area (Å²) >= 11 is 0. The van der Waals surface area contributed by atoms with Gasteiger partial charge in [0.05, 0.1) is 11.3 Å². The van der Waals surface area contributed by atoms with Crippen molar-refractivity contribution in [1.29, 1.82) is 0 Å². The average molecular weight is 283 g/mol. The Morgan fingerprint density at radius 1 is 1.21 bits per heavy atom. The third kappa shape index (κ3) is 5.35. The summed E-state index contributed by atoms with van der Waals surface area (Å²) in [6.45, 7) is -0.0517. The zero-order valence-electron chi connectivity index (χ0n) is 9.94. The maximum absolute atomic E-state index is 11.8. The molecule has 19 heavy (non-hydrogen) atoms. The van der Waals surface area contributed by atoms with Crippen molar-refractivity contribution in [3.63, 3.8) is 0 Å². The number of carbonyl (C=O) groups is 2. The first kappa shape index (κ1) is 14.9. The quantitative estimate of drug-likeness (QED) is 0.743. The molecule has 0 aliphatic rings. The van der Waals surface area contributed by atoms with Crippen molar-refractivity contribution in [3.05, 3.63) is 41.8 Å². The summed E-state index contributed by atoms with van der Waals surface area (Å²) in [5.41, 5.74) is 0. The van der Waals surface area contributed by atoms with Gasteiger partial charge in [-0.1, -0.05) is 18.2 Å². The van der Waals surface area contributed by atoms with Crippen LogP contribution in [0.1, 0.15) is 6.42 Å². The Labute approximate surface area is 110 Å². The average Bonchev–Trinajstić information content (AvgIpc) is 2.37. The van der Waals surface area contributed by atoms with Gasteiger partial charge in [-0.3, -0.25) is 9.59 Å². The predicted molar refractivity (Wildman–Crippen MR) is 68.0 cm³/mol. The first-order chi connectivity index (χ1) is 8.92. The SMILES string of the molecule is O=C(O)CCNC(=O)/C=C/S(=O)(=O)c1ccccc1. The molecule has 1 aromatic rings. The molecule has 0 saturated carbocycles. The Balaban J connectivity index is 2.61. The molecule has 0 bridgehead atoms. The maximum atomic E-state index is 11.8. The summed E-state index contributed by atoms with van der Waals surface area (Å²) in [5, 5.41) is 11.4. The summed E-state index contributed by atoms with van der Waals surface area (Å²) in [6, 6.07) is 7.67. The fraction of sp³-hybridized carbons (Fsp3) is 0.167. The summed E-state index contributed by atoms with van der Waals surface area (Å²) in [4.78, 5) is 21.6. The van der Waals surface area contributed by atoms with Crippen LogP contribution in [-0.2, 0) is 19.4 Å². The van der Waals surface area contributed by atoms with E-state index in [1.54, 1.807) is 18.2 Å². The Morgan fingerprint density at radius 2 is 1.84 bits per heavy atom. The second kappa shape index (κ2) is 6.69. The van der Waals surface area contributed by atoms with Crippen LogP contribution in [0.5, 0.6) is 0 Å². The number of carboxylic acid groups (broad SMARTS) is 1. The van der Waals surface area contributed by atoms with E-state index >= 15 is 0 Å². The normalized spacial score (nSPS) is 11.4. The summed E-state index contributed by atoms with van der Waals surface area (Å²) < 4.78 is 23.5. The molecule has 0 aromatic heterocycles. The number of sulfone groups is 1. The highest BCUT2D eigenvalue weighted by molar-refractivity contribution is 7.94. The van der Waals surface area contributed by atoms with Gasteiger partial charge >= 0.3 is 5.97 Å². The van der Waals surface area contributed by atoms with Gasteiger partial charge in [-0.15, -0.1) is 0 Å². The molecular weight excluding hydrogens is 270 g/mol. The van der Waals surface area contributed by atoms with Crippen molar-refractivity contribution in [2.45, 2.75) is 11.3 Å². The van der Waals surface area contributed by atoms with Crippen molar-refractivity contribution < 1.29 is 23.1 Å². The predicted octanol–water partition coefficient (Wildman–Crippen LogP) is 0.565. The molecule has 7 heteroatoms. The molecule has 2 N–H and O–H groups in total. The van der Waals surface area contributed by atoms with Crippen molar-refractivity contribution >= 4 is 21.7 Å². The van der Waals surface area contributed by atoms with E-state index in [2.05, 4.69) is 5.32 Å². The molecule has 0 aliphatic heterocycles. The number of carboxylic acids is 1. The minimum absolute atomic E-state index is 0.0517. The monoisotopic (exact) mass is 283 g/mol. The number of amides is 1. The van der Waals surface area contributed by atoms with E-state index in [-0.39, 0.29) is 17.9 Å². The van der Waals surface area contributed by atoms with Gasteiger partial charge in [0.25, 0.3) is 0 Å². The zero-order valence-corrected chi connectivity index (χ0v) is 10.8. The maximum Gasteiger partial charge on any atom is 0.305 e. The highest BCUT2D eigenvalue weighted by atomic mass is 32.2. The molecule has 1 amide bonds. The van der Waals surface area contributed by atoms with Gasteiger partial charge in [0, 0.05) is 18.0 Å². The van der Waals surface area contributed by atoms with Crippen LogP contribution in [0.25, 0.3) is 0 Å². The van der Waals surface area contributed by atoms with Gasteiger partial charge in [0.1, 0.15) is 0 Å². The number of hydrogen-bond acceptors (Lipinski definition) is 4. The molecule has 0 fully saturated rings. The van der Waals surface area contributed by atoms with Gasteiger partial charge in [-0.05, 0) is 12.1 Å². The molecule has 0 spiro atoms. The van der Waals surface area contributed by atoms with E-state index in [1.807, 2.05) is 0 Å². The van der Waals surface area contributed by atoms with Crippen LogP contribution < -0.4 is 5.32 Å². The van der Waals surface area contributed by atoms with Crippen molar-refractivity contribution in [1.82, 2.24) is 5.32 Å². The minimum atomic E-state index is -3.65. The van der Waals surface area contributed by atoms with Crippen molar-refractivity contribution in [3.8, 4) is 0 Å². The molecule has 0 unspecified atom stereocenters. The molecular formula is C12H13NO5S. The second-order valence-electron chi connectivity index (χ2n) is 3.60. The molecule has 0 atom stereocenters. The molecule has 1 aromatic carbocycles. The summed E-state index contributed by atoms with van der Waals surface area (Å²) in [6.07, 6.45) is 0.648. The number of carbonyl (C=O) groups excluding carboxylic acids is 1. The molecule has 102 valence electrons. The Bertz CT molecular complexity index is 577. The van der Waals surface area contributed by atoms with Crippen LogP contribution in [0.4, 0.5) is 0 Å². The number of rotatable bonds is 6. The summed E-state index contributed by atoms with van der Waals surface area (Å²) in [7, 11) is -3.65. The van der Waals surface area contributed by atoms with Gasteiger partial charge < -0.3 is 10.4 Å². The van der Waals surface area contributed by atoms with Crippen LogP contribution in [0.15, 0.2) is 46.7 Å². The standard InChI is InChI=1S/C12H13NO5S/c14-11(13-8-6-12(15)16)7-9-19(17,18)10-4-2-1-3-5-10/h1-5,7,9H,6,8H2,(H,13,14)(H,15,16)/b9-7+. The van der Waals surface area contributed by atoms with Crippen molar-refractivity contribution in [2.75, 3.05) is 6.54 Å². The van der Waals surface area contributed by atoms with E-state index in [4.69, 9.17) is 5.11 Å².